The summed E-state index contributed by atoms with van der Waals surface area (Å²) in [4.78, 5) is 3.99. The summed E-state index contributed by atoms with van der Waals surface area (Å²) in [5, 5.41) is 10.1. The fourth-order valence-electron chi connectivity index (χ4n) is 2.39. The van der Waals surface area contributed by atoms with Crippen LogP contribution < -0.4 is 25.3 Å². The number of nitrogens with zero attached hydrogens (tertiary/aromatic N) is 2. The van der Waals surface area contributed by atoms with Crippen molar-refractivity contribution in [1.29, 1.82) is 0 Å². The molecule has 0 unspecified atom stereocenters. The molecule has 0 fully saturated rings. The third kappa shape index (κ3) is 3.24. The Morgan fingerprint density at radius 2 is 2.12 bits per heavy atom. The van der Waals surface area contributed by atoms with Gasteiger partial charge in [0.15, 0.2) is 11.5 Å². The highest BCUT2D eigenvalue weighted by atomic mass is 35.5. The number of nitrogens with two attached hydrogens (primary N) is 1. The molecule has 9 heteroatoms. The Kier molecular flexibility index (Phi) is 3.95. The minimum Gasteiger partial charge on any atom is -0.457 e. The lowest BCUT2D eigenvalue weighted by Gasteiger charge is -2.13. The molecule has 4 N–H and O–H groups in total. The van der Waals surface area contributed by atoms with Crippen LogP contribution >= 0.6 is 11.6 Å². The van der Waals surface area contributed by atoms with Crippen molar-refractivity contribution in [3.05, 3.63) is 47.0 Å². The van der Waals surface area contributed by atoms with E-state index in [-0.39, 0.29) is 12.7 Å². The molecular weight excluding hydrogens is 346 g/mol. The van der Waals surface area contributed by atoms with E-state index in [0.717, 1.165) is 5.56 Å². The van der Waals surface area contributed by atoms with Crippen molar-refractivity contribution >= 4 is 23.5 Å². The van der Waals surface area contributed by atoms with Crippen LogP contribution in [0.4, 0.5) is 11.9 Å². The number of aromatic nitrogens is 3. The molecule has 2 aromatic carbocycles. The van der Waals surface area contributed by atoms with Gasteiger partial charge in [0.25, 0.3) is 0 Å². The number of halogens is 1. The van der Waals surface area contributed by atoms with Gasteiger partial charge in [-0.3, -0.25) is 0 Å². The molecule has 128 valence electrons. The van der Waals surface area contributed by atoms with Gasteiger partial charge in [-0.2, -0.15) is 4.98 Å². The average molecular weight is 360 g/mol. The molecule has 0 atom stereocenters. The molecule has 0 saturated carbocycles. The van der Waals surface area contributed by atoms with E-state index in [9.17, 15) is 0 Å². The zero-order chi connectivity index (χ0) is 17.2. The molecule has 3 aromatic rings. The van der Waals surface area contributed by atoms with Crippen LogP contribution in [0.25, 0.3) is 0 Å². The number of nitrogen functional groups attached to an aromatic ring is 1. The maximum atomic E-state index is 6.32. The van der Waals surface area contributed by atoms with Crippen molar-refractivity contribution in [2.45, 2.75) is 6.54 Å². The van der Waals surface area contributed by atoms with Gasteiger partial charge < -0.3 is 25.3 Å². The molecule has 0 amide bonds. The number of aromatic amines is 1. The van der Waals surface area contributed by atoms with Crippen LogP contribution in [-0.4, -0.2) is 22.0 Å². The van der Waals surface area contributed by atoms with Gasteiger partial charge in [-0.05, 0) is 24.3 Å². The fourth-order valence-corrected chi connectivity index (χ4v) is 2.63. The second-order valence-corrected chi connectivity index (χ2v) is 5.64. The molecule has 0 bridgehead atoms. The van der Waals surface area contributed by atoms with Gasteiger partial charge in [0, 0.05) is 23.2 Å². The number of fused-ring (bicyclic) bond motifs is 1. The number of benzene rings is 2. The highest BCUT2D eigenvalue weighted by Crippen LogP contribution is 2.38. The lowest BCUT2D eigenvalue weighted by molar-refractivity contribution is 0.174. The van der Waals surface area contributed by atoms with Crippen LogP contribution in [0.5, 0.6) is 23.0 Å². The zero-order valence-corrected chi connectivity index (χ0v) is 13.7. The number of H-pyrrole nitrogens is 1. The summed E-state index contributed by atoms with van der Waals surface area (Å²) in [7, 11) is 0. The predicted molar refractivity (Wildman–Crippen MR) is 92.2 cm³/mol. The van der Waals surface area contributed by atoms with E-state index in [1.165, 1.54) is 0 Å². The maximum absolute atomic E-state index is 6.32. The van der Waals surface area contributed by atoms with E-state index in [1.54, 1.807) is 18.2 Å². The Balaban J connectivity index is 1.56. The highest BCUT2D eigenvalue weighted by molar-refractivity contribution is 6.31. The monoisotopic (exact) mass is 359 g/mol. The van der Waals surface area contributed by atoms with Gasteiger partial charge in [0.1, 0.15) is 11.5 Å². The Bertz CT molecular complexity index is 915. The molecule has 4 rings (SSSR count). The molecule has 8 nitrogen and oxygen atoms in total. The summed E-state index contributed by atoms with van der Waals surface area (Å²) < 4.78 is 16.6. The molecular formula is C16H14ClN5O3. The van der Waals surface area contributed by atoms with E-state index in [0.29, 0.717) is 40.5 Å². The van der Waals surface area contributed by atoms with Crippen molar-refractivity contribution in [2.24, 2.45) is 0 Å². The van der Waals surface area contributed by atoms with E-state index in [4.69, 9.17) is 31.5 Å². The molecule has 0 spiro atoms. The number of rotatable bonds is 5. The highest BCUT2D eigenvalue weighted by Gasteiger charge is 2.16. The lowest BCUT2D eigenvalue weighted by atomic mass is 10.2. The molecule has 0 saturated heterocycles. The second-order valence-electron chi connectivity index (χ2n) is 5.23. The van der Waals surface area contributed by atoms with Crippen LogP contribution in [0.2, 0.25) is 5.02 Å². The Hall–Kier alpha value is -3.13. The fraction of sp³-hybridized carbons (Fsp3) is 0.125. The van der Waals surface area contributed by atoms with Crippen molar-refractivity contribution < 1.29 is 14.2 Å². The molecule has 1 aliphatic heterocycles. The quantitative estimate of drug-likeness (QED) is 0.642. The third-order valence-electron chi connectivity index (χ3n) is 3.57. The third-order valence-corrected chi connectivity index (χ3v) is 3.93. The molecule has 0 radical (unpaired) electrons. The van der Waals surface area contributed by atoms with Crippen molar-refractivity contribution in [2.75, 3.05) is 17.8 Å². The molecule has 1 aliphatic rings. The van der Waals surface area contributed by atoms with Crippen molar-refractivity contribution in [1.82, 2.24) is 15.2 Å². The predicted octanol–water partition coefficient (Wildman–Crippen LogP) is 3.17. The van der Waals surface area contributed by atoms with Gasteiger partial charge in [0.05, 0.1) is 0 Å². The van der Waals surface area contributed by atoms with Gasteiger partial charge in [0.2, 0.25) is 18.7 Å². The van der Waals surface area contributed by atoms with Gasteiger partial charge in [-0.25, -0.2) is 5.10 Å². The number of hydrogen-bond acceptors (Lipinski definition) is 7. The Morgan fingerprint density at radius 1 is 1.24 bits per heavy atom. The number of anilines is 2. The second kappa shape index (κ2) is 6.40. The topological polar surface area (TPSA) is 107 Å². The first-order valence-electron chi connectivity index (χ1n) is 7.46. The van der Waals surface area contributed by atoms with Crippen LogP contribution in [0.3, 0.4) is 0 Å². The average Bonchev–Trinajstić information content (AvgIpc) is 3.22. The SMILES string of the molecule is Nc1nc(NCc2c(Cl)cccc2Oc2ccc3c(c2)OCO3)n[nH]1. The minimum atomic E-state index is 0.213. The van der Waals surface area contributed by atoms with Crippen LogP contribution in [0, 0.1) is 0 Å². The summed E-state index contributed by atoms with van der Waals surface area (Å²) >= 11 is 6.32. The van der Waals surface area contributed by atoms with E-state index >= 15 is 0 Å². The minimum absolute atomic E-state index is 0.213. The largest absolute Gasteiger partial charge is 0.457 e. The van der Waals surface area contributed by atoms with Crippen LogP contribution in [-0.2, 0) is 6.54 Å². The Morgan fingerprint density at radius 3 is 2.96 bits per heavy atom. The maximum Gasteiger partial charge on any atom is 0.243 e. The van der Waals surface area contributed by atoms with E-state index in [2.05, 4.69) is 20.5 Å². The number of hydrogen-bond donors (Lipinski definition) is 3. The van der Waals surface area contributed by atoms with E-state index < -0.39 is 0 Å². The summed E-state index contributed by atoms with van der Waals surface area (Å²) in [5.74, 6) is 3.19. The smallest absolute Gasteiger partial charge is 0.243 e. The van der Waals surface area contributed by atoms with Crippen molar-refractivity contribution in [3.8, 4) is 23.0 Å². The summed E-state index contributed by atoms with van der Waals surface area (Å²) in [6.45, 7) is 0.585. The lowest BCUT2D eigenvalue weighted by Crippen LogP contribution is -2.03. The molecule has 25 heavy (non-hydrogen) atoms. The first-order chi connectivity index (χ1) is 12.2. The van der Waals surface area contributed by atoms with Gasteiger partial charge in [-0.15, -0.1) is 5.10 Å². The van der Waals surface area contributed by atoms with Gasteiger partial charge >= 0.3 is 0 Å². The summed E-state index contributed by atoms with van der Waals surface area (Å²) in [5.41, 5.74) is 6.28. The Labute approximate surface area is 147 Å². The standard InChI is InChI=1S/C16H14ClN5O3/c17-11-2-1-3-12(10(11)7-19-16-20-15(18)21-22-16)25-9-4-5-13-14(6-9)24-8-23-13/h1-6H,7-8H2,(H4,18,19,20,21,22). The number of ether oxygens (including phenoxy) is 3. The van der Waals surface area contributed by atoms with Crippen LogP contribution in [0.15, 0.2) is 36.4 Å². The summed E-state index contributed by atoms with van der Waals surface area (Å²) in [6, 6.07) is 10.8. The first kappa shape index (κ1) is 15.4. The van der Waals surface area contributed by atoms with E-state index in [1.807, 2.05) is 18.2 Å². The van der Waals surface area contributed by atoms with Crippen LogP contribution in [0.1, 0.15) is 5.56 Å². The molecule has 2 heterocycles. The molecule has 1 aromatic heterocycles. The number of nitrogens with one attached hydrogen (secondary N) is 2. The first-order valence-corrected chi connectivity index (χ1v) is 7.83. The zero-order valence-electron chi connectivity index (χ0n) is 13.0. The summed E-state index contributed by atoms with van der Waals surface area (Å²) in [6.07, 6.45) is 0. The van der Waals surface area contributed by atoms with Crippen molar-refractivity contribution in [3.63, 3.8) is 0 Å². The normalized spacial score (nSPS) is 12.2. The van der Waals surface area contributed by atoms with Gasteiger partial charge in [-0.1, -0.05) is 17.7 Å². The molecule has 0 aliphatic carbocycles.